The van der Waals surface area contributed by atoms with Gasteiger partial charge in [-0.25, -0.2) is 8.42 Å². The van der Waals surface area contributed by atoms with Crippen LogP contribution in [0.2, 0.25) is 0 Å². The molecule has 0 aromatic heterocycles. The maximum Gasteiger partial charge on any atom is 0.150 e. The highest BCUT2D eigenvalue weighted by Gasteiger charge is 2.39. The molecule has 0 saturated carbocycles. The van der Waals surface area contributed by atoms with Crippen LogP contribution < -0.4 is 0 Å². The van der Waals surface area contributed by atoms with Gasteiger partial charge in [0.15, 0.2) is 0 Å². The second-order valence-corrected chi connectivity index (χ2v) is 7.25. The Bertz CT molecular complexity index is 332. The molecule has 0 amide bonds. The Labute approximate surface area is 109 Å². The van der Waals surface area contributed by atoms with Gasteiger partial charge in [0.25, 0.3) is 0 Å². The van der Waals surface area contributed by atoms with Gasteiger partial charge in [-0.05, 0) is 12.8 Å². The first-order valence-corrected chi connectivity index (χ1v) is 8.29. The van der Waals surface area contributed by atoms with Crippen LogP contribution in [-0.4, -0.2) is 57.1 Å². The molecule has 1 saturated heterocycles. The van der Waals surface area contributed by atoms with E-state index in [-0.39, 0.29) is 11.5 Å². The van der Waals surface area contributed by atoms with Crippen molar-refractivity contribution in [2.45, 2.75) is 44.3 Å². The minimum Gasteiger partial charge on any atom is -0.390 e. The molecule has 0 aromatic carbocycles. The third-order valence-corrected chi connectivity index (χ3v) is 5.52. The molecular weight excluding hydrogens is 256 g/mol. The standard InChI is InChI=1S/C12H24O5S/c1-3-18(14,15)10-4-5-11(13)12(16-2)6-8-17-9-7-12/h11,13H,3-10H2,1-2H3. The molecule has 108 valence electrons. The Morgan fingerprint density at radius 3 is 2.50 bits per heavy atom. The molecule has 5 nitrogen and oxygen atoms in total. The van der Waals surface area contributed by atoms with Crippen LogP contribution in [0.5, 0.6) is 0 Å². The van der Waals surface area contributed by atoms with Crippen molar-refractivity contribution >= 4 is 9.84 Å². The zero-order valence-corrected chi connectivity index (χ0v) is 12.0. The molecule has 1 aliphatic rings. The predicted octanol–water partition coefficient (Wildman–Crippen LogP) is 0.758. The van der Waals surface area contributed by atoms with E-state index >= 15 is 0 Å². The highest BCUT2D eigenvalue weighted by Crippen LogP contribution is 2.30. The Morgan fingerprint density at radius 2 is 2.00 bits per heavy atom. The summed E-state index contributed by atoms with van der Waals surface area (Å²) in [4.78, 5) is 0. The van der Waals surface area contributed by atoms with Gasteiger partial charge >= 0.3 is 0 Å². The fraction of sp³-hybridized carbons (Fsp3) is 1.00. The van der Waals surface area contributed by atoms with Gasteiger partial charge in [0, 0.05) is 38.9 Å². The van der Waals surface area contributed by atoms with E-state index in [4.69, 9.17) is 9.47 Å². The number of sulfone groups is 1. The first-order chi connectivity index (χ1) is 8.46. The van der Waals surface area contributed by atoms with Crippen molar-refractivity contribution in [2.75, 3.05) is 31.8 Å². The lowest BCUT2D eigenvalue weighted by Gasteiger charge is -2.39. The number of ether oxygens (including phenoxy) is 2. The average Bonchev–Trinajstić information content (AvgIpc) is 2.39. The van der Waals surface area contributed by atoms with Gasteiger partial charge in [0.1, 0.15) is 9.84 Å². The molecule has 1 aliphatic heterocycles. The second-order valence-electron chi connectivity index (χ2n) is 4.78. The minimum atomic E-state index is -2.95. The van der Waals surface area contributed by atoms with Crippen LogP contribution in [0.15, 0.2) is 0 Å². The van der Waals surface area contributed by atoms with E-state index in [0.717, 1.165) is 0 Å². The third-order valence-electron chi connectivity index (χ3n) is 3.73. The maximum atomic E-state index is 11.4. The number of rotatable bonds is 7. The lowest BCUT2D eigenvalue weighted by molar-refractivity contribution is -0.153. The molecule has 6 heteroatoms. The summed E-state index contributed by atoms with van der Waals surface area (Å²) in [7, 11) is -1.35. The van der Waals surface area contributed by atoms with Crippen LogP contribution in [0.3, 0.4) is 0 Å². The molecule has 1 unspecified atom stereocenters. The summed E-state index contributed by atoms with van der Waals surface area (Å²) in [6.45, 7) is 2.80. The van der Waals surface area contributed by atoms with E-state index < -0.39 is 21.5 Å². The first-order valence-electron chi connectivity index (χ1n) is 6.47. The summed E-state index contributed by atoms with van der Waals surface area (Å²) in [5, 5.41) is 10.2. The van der Waals surface area contributed by atoms with Crippen LogP contribution in [0, 0.1) is 0 Å². The van der Waals surface area contributed by atoms with Crippen molar-refractivity contribution in [3.8, 4) is 0 Å². The molecule has 1 atom stereocenters. The Balaban J connectivity index is 2.45. The van der Waals surface area contributed by atoms with Crippen molar-refractivity contribution in [2.24, 2.45) is 0 Å². The van der Waals surface area contributed by atoms with E-state index in [1.165, 1.54) is 0 Å². The molecule has 1 rings (SSSR count). The SMILES string of the molecule is CCS(=O)(=O)CCCC(O)C1(OC)CCOCC1. The Morgan fingerprint density at radius 1 is 1.39 bits per heavy atom. The van der Waals surface area contributed by atoms with E-state index in [0.29, 0.717) is 38.9 Å². The van der Waals surface area contributed by atoms with Crippen LogP contribution in [0.1, 0.15) is 32.6 Å². The van der Waals surface area contributed by atoms with E-state index in [9.17, 15) is 13.5 Å². The van der Waals surface area contributed by atoms with Crippen LogP contribution in [0.4, 0.5) is 0 Å². The second kappa shape index (κ2) is 6.84. The highest BCUT2D eigenvalue weighted by atomic mass is 32.2. The molecule has 0 radical (unpaired) electrons. The molecule has 1 fully saturated rings. The van der Waals surface area contributed by atoms with Gasteiger partial charge in [0.05, 0.1) is 17.5 Å². The van der Waals surface area contributed by atoms with Gasteiger partial charge in [-0.2, -0.15) is 0 Å². The molecule has 0 aliphatic carbocycles. The fourth-order valence-corrected chi connectivity index (χ4v) is 3.19. The highest BCUT2D eigenvalue weighted by molar-refractivity contribution is 7.91. The van der Waals surface area contributed by atoms with Crippen molar-refractivity contribution in [3.63, 3.8) is 0 Å². The number of aliphatic hydroxyl groups is 1. The molecule has 0 spiro atoms. The van der Waals surface area contributed by atoms with Gasteiger partial charge in [-0.1, -0.05) is 6.92 Å². The topological polar surface area (TPSA) is 72.8 Å². The lowest BCUT2D eigenvalue weighted by atomic mass is 9.86. The number of hydrogen-bond donors (Lipinski definition) is 1. The summed E-state index contributed by atoms with van der Waals surface area (Å²) in [5.74, 6) is 0.295. The smallest absolute Gasteiger partial charge is 0.150 e. The largest absolute Gasteiger partial charge is 0.390 e. The van der Waals surface area contributed by atoms with Gasteiger partial charge in [-0.3, -0.25) is 0 Å². The summed E-state index contributed by atoms with van der Waals surface area (Å²) in [6, 6.07) is 0. The van der Waals surface area contributed by atoms with E-state index in [1.807, 2.05) is 0 Å². The normalized spacial score (nSPS) is 21.7. The van der Waals surface area contributed by atoms with Gasteiger partial charge < -0.3 is 14.6 Å². The van der Waals surface area contributed by atoms with Crippen molar-refractivity contribution in [3.05, 3.63) is 0 Å². The summed E-state index contributed by atoms with van der Waals surface area (Å²) in [5.41, 5.74) is -0.561. The van der Waals surface area contributed by atoms with E-state index in [2.05, 4.69) is 0 Å². The number of hydrogen-bond acceptors (Lipinski definition) is 5. The Kier molecular flexibility index (Phi) is 6.04. The van der Waals surface area contributed by atoms with Crippen LogP contribution in [0.25, 0.3) is 0 Å². The average molecular weight is 280 g/mol. The van der Waals surface area contributed by atoms with Gasteiger partial charge in [-0.15, -0.1) is 0 Å². The minimum absolute atomic E-state index is 0.136. The van der Waals surface area contributed by atoms with Gasteiger partial charge in [0.2, 0.25) is 0 Å². The molecule has 0 aromatic rings. The zero-order chi connectivity index (χ0) is 13.6. The quantitative estimate of drug-likeness (QED) is 0.745. The molecule has 1 heterocycles. The van der Waals surface area contributed by atoms with Crippen molar-refractivity contribution in [1.82, 2.24) is 0 Å². The summed E-state index contributed by atoms with van der Waals surface area (Å²) < 4.78 is 33.5. The summed E-state index contributed by atoms with van der Waals surface area (Å²) >= 11 is 0. The molecule has 18 heavy (non-hydrogen) atoms. The zero-order valence-electron chi connectivity index (χ0n) is 11.2. The first kappa shape index (κ1) is 15.9. The number of methoxy groups -OCH3 is 1. The summed E-state index contributed by atoms with van der Waals surface area (Å²) in [6.07, 6.45) is 1.62. The molecule has 1 N–H and O–H groups in total. The monoisotopic (exact) mass is 280 g/mol. The third kappa shape index (κ3) is 4.19. The lowest BCUT2D eigenvalue weighted by Crippen LogP contribution is -2.48. The van der Waals surface area contributed by atoms with Crippen molar-refractivity contribution in [1.29, 1.82) is 0 Å². The van der Waals surface area contributed by atoms with Crippen molar-refractivity contribution < 1.29 is 23.0 Å². The number of aliphatic hydroxyl groups excluding tert-OH is 1. The van der Waals surface area contributed by atoms with E-state index in [1.54, 1.807) is 14.0 Å². The molecular formula is C12H24O5S. The predicted molar refractivity (Wildman–Crippen MR) is 69.4 cm³/mol. The molecule has 0 bridgehead atoms. The Hall–Kier alpha value is -0.170. The fourth-order valence-electron chi connectivity index (χ4n) is 2.29. The van der Waals surface area contributed by atoms with Crippen LogP contribution >= 0.6 is 0 Å². The maximum absolute atomic E-state index is 11.4. The van der Waals surface area contributed by atoms with Crippen LogP contribution in [-0.2, 0) is 19.3 Å².